The van der Waals surface area contributed by atoms with Crippen molar-refractivity contribution >= 4 is 6.29 Å². The van der Waals surface area contributed by atoms with Crippen molar-refractivity contribution in [2.75, 3.05) is 0 Å². The summed E-state index contributed by atoms with van der Waals surface area (Å²) in [6, 6.07) is 1.80. The molecule has 0 unspecified atom stereocenters. The van der Waals surface area contributed by atoms with E-state index in [1.807, 2.05) is 24.8 Å². The third kappa shape index (κ3) is 1.02. The molecule has 1 rings (SSSR count). The van der Waals surface area contributed by atoms with E-state index in [-0.39, 0.29) is 0 Å². The second-order valence-corrected chi connectivity index (χ2v) is 2.08. The lowest BCUT2D eigenvalue weighted by molar-refractivity contribution is 0.562. The van der Waals surface area contributed by atoms with Crippen LogP contribution in [-0.2, 0) is 11.8 Å². The van der Waals surface area contributed by atoms with Gasteiger partial charge in [-0.15, -0.1) is 0 Å². The first kappa shape index (κ1) is 6.08. The van der Waals surface area contributed by atoms with Crippen molar-refractivity contribution < 1.29 is 4.79 Å². The maximum Gasteiger partial charge on any atom is 0.235 e. The third-order valence-electron chi connectivity index (χ3n) is 1.37. The Morgan fingerprint density at radius 1 is 1.67 bits per heavy atom. The highest BCUT2D eigenvalue weighted by atomic mass is 16.1. The van der Waals surface area contributed by atoms with Gasteiger partial charge in [0.1, 0.15) is 0 Å². The molecule has 47 valence electrons. The molecule has 0 aliphatic rings. The average Bonchev–Trinajstić information content (AvgIpc) is 2.13. The van der Waals surface area contributed by atoms with Gasteiger partial charge in [-0.1, -0.05) is 0 Å². The fraction of sp³-hybridized carbons (Fsp3) is 0.286. The summed E-state index contributed by atoms with van der Waals surface area (Å²) in [6.07, 6.45) is 3.57. The molecule has 0 aliphatic carbocycles. The molecule has 0 saturated carbocycles. The van der Waals surface area contributed by atoms with Gasteiger partial charge in [0.15, 0.2) is 0 Å². The Bertz CT molecular complexity index is 205. The summed E-state index contributed by atoms with van der Waals surface area (Å²) in [7, 11) is 1.90. The molecule has 0 N–H and O–H groups in total. The normalized spacial score (nSPS) is 9.56. The van der Waals surface area contributed by atoms with E-state index in [1.54, 1.807) is 12.3 Å². The zero-order chi connectivity index (χ0) is 6.85. The number of carbonyl (C=O) groups excluding carboxylic acids is 1. The molecule has 0 saturated heterocycles. The summed E-state index contributed by atoms with van der Waals surface area (Å²) in [6.45, 7) is 1.95. The van der Waals surface area contributed by atoms with Gasteiger partial charge in [0, 0.05) is 24.5 Å². The summed E-state index contributed by atoms with van der Waals surface area (Å²) in [5.41, 5.74) is 1.70. The van der Waals surface area contributed by atoms with Crippen LogP contribution in [0.1, 0.15) is 11.3 Å². The van der Waals surface area contributed by atoms with E-state index in [1.165, 1.54) is 0 Å². The fourth-order valence-corrected chi connectivity index (χ4v) is 0.730. The molecule has 9 heavy (non-hydrogen) atoms. The van der Waals surface area contributed by atoms with E-state index < -0.39 is 0 Å². The molecular weight excluding hydrogens is 114 g/mol. The first-order valence-electron chi connectivity index (χ1n) is 2.75. The van der Waals surface area contributed by atoms with E-state index in [9.17, 15) is 4.79 Å². The quantitative estimate of drug-likeness (QED) is 0.539. The second kappa shape index (κ2) is 2.05. The van der Waals surface area contributed by atoms with Crippen molar-refractivity contribution in [3.8, 4) is 0 Å². The molecular formula is C7H8NO. The Labute approximate surface area is 54.1 Å². The smallest absolute Gasteiger partial charge is 0.235 e. The highest BCUT2D eigenvalue weighted by Gasteiger charge is 1.95. The third-order valence-corrected chi connectivity index (χ3v) is 1.37. The van der Waals surface area contributed by atoms with Crippen LogP contribution < -0.4 is 0 Å². The summed E-state index contributed by atoms with van der Waals surface area (Å²) < 4.78 is 1.89. The SMILES string of the molecule is Cc1cc([C]=O)cn1C. The highest BCUT2D eigenvalue weighted by Crippen LogP contribution is 2.01. The van der Waals surface area contributed by atoms with Crippen LogP contribution in [0.4, 0.5) is 0 Å². The molecule has 0 atom stereocenters. The van der Waals surface area contributed by atoms with Crippen molar-refractivity contribution in [3.63, 3.8) is 0 Å². The van der Waals surface area contributed by atoms with Crippen LogP contribution in [0.3, 0.4) is 0 Å². The molecule has 0 aromatic carbocycles. The number of nitrogens with zero attached hydrogens (tertiary/aromatic N) is 1. The highest BCUT2D eigenvalue weighted by molar-refractivity contribution is 5.75. The Morgan fingerprint density at radius 2 is 2.33 bits per heavy atom. The maximum absolute atomic E-state index is 10.0. The summed E-state index contributed by atoms with van der Waals surface area (Å²) in [5, 5.41) is 0. The van der Waals surface area contributed by atoms with Crippen LogP contribution in [0.5, 0.6) is 0 Å². The lowest BCUT2D eigenvalue weighted by Crippen LogP contribution is -1.85. The average molecular weight is 122 g/mol. The van der Waals surface area contributed by atoms with Crippen molar-refractivity contribution in [2.24, 2.45) is 7.05 Å². The van der Waals surface area contributed by atoms with E-state index in [0.29, 0.717) is 5.56 Å². The van der Waals surface area contributed by atoms with Gasteiger partial charge in [0.2, 0.25) is 6.29 Å². The first-order chi connectivity index (χ1) is 4.24. The largest absolute Gasteiger partial charge is 0.354 e. The van der Waals surface area contributed by atoms with E-state index in [0.717, 1.165) is 5.69 Å². The zero-order valence-electron chi connectivity index (χ0n) is 5.51. The van der Waals surface area contributed by atoms with Gasteiger partial charge in [-0.2, -0.15) is 0 Å². The van der Waals surface area contributed by atoms with Crippen LogP contribution in [0.25, 0.3) is 0 Å². The van der Waals surface area contributed by atoms with Crippen LogP contribution in [-0.4, -0.2) is 10.9 Å². The molecule has 2 nitrogen and oxygen atoms in total. The van der Waals surface area contributed by atoms with Crippen molar-refractivity contribution in [3.05, 3.63) is 23.5 Å². The molecule has 1 radical (unpaired) electrons. The molecule has 0 bridgehead atoms. The Balaban J connectivity index is 3.11. The lowest BCUT2D eigenvalue weighted by atomic mass is 10.3. The standard InChI is InChI=1S/C7H8NO/c1-6-3-7(5-9)4-8(6)2/h3-4H,1-2H3. The predicted octanol–water partition coefficient (Wildman–Crippen LogP) is 0.791. The second-order valence-electron chi connectivity index (χ2n) is 2.08. The number of rotatable bonds is 1. The Hall–Kier alpha value is -1.05. The minimum Gasteiger partial charge on any atom is -0.354 e. The van der Waals surface area contributed by atoms with E-state index >= 15 is 0 Å². The van der Waals surface area contributed by atoms with E-state index in [2.05, 4.69) is 0 Å². The number of aryl methyl sites for hydroxylation is 2. The van der Waals surface area contributed by atoms with E-state index in [4.69, 9.17) is 0 Å². The first-order valence-corrected chi connectivity index (χ1v) is 2.75. The summed E-state index contributed by atoms with van der Waals surface area (Å²) in [4.78, 5) is 10.0. The van der Waals surface area contributed by atoms with Gasteiger partial charge in [0.05, 0.1) is 0 Å². The predicted molar refractivity (Wildman–Crippen MR) is 34.9 cm³/mol. The minimum atomic E-state index is 0.620. The fourth-order valence-electron chi connectivity index (χ4n) is 0.730. The van der Waals surface area contributed by atoms with Gasteiger partial charge in [-0.25, -0.2) is 0 Å². The van der Waals surface area contributed by atoms with Crippen LogP contribution in [0.15, 0.2) is 12.3 Å². The summed E-state index contributed by atoms with van der Waals surface area (Å²) in [5.74, 6) is 0. The number of hydrogen-bond donors (Lipinski definition) is 0. The van der Waals surface area contributed by atoms with Gasteiger partial charge in [-0.3, -0.25) is 4.79 Å². The van der Waals surface area contributed by atoms with Gasteiger partial charge >= 0.3 is 0 Å². The zero-order valence-corrected chi connectivity index (χ0v) is 5.51. The van der Waals surface area contributed by atoms with Crippen LogP contribution in [0, 0.1) is 6.92 Å². The monoisotopic (exact) mass is 122 g/mol. The molecule has 1 aromatic heterocycles. The maximum atomic E-state index is 10.0. The van der Waals surface area contributed by atoms with Gasteiger partial charge < -0.3 is 4.57 Å². The molecule has 0 amide bonds. The van der Waals surface area contributed by atoms with Gasteiger partial charge in [0.25, 0.3) is 0 Å². The van der Waals surface area contributed by atoms with Crippen molar-refractivity contribution in [1.82, 2.24) is 4.57 Å². The Kier molecular flexibility index (Phi) is 1.39. The number of hydrogen-bond acceptors (Lipinski definition) is 1. The van der Waals surface area contributed by atoms with Crippen molar-refractivity contribution in [1.29, 1.82) is 0 Å². The molecule has 0 spiro atoms. The van der Waals surface area contributed by atoms with Crippen molar-refractivity contribution in [2.45, 2.75) is 6.92 Å². The molecule has 0 fully saturated rings. The Morgan fingerprint density at radius 3 is 2.56 bits per heavy atom. The molecule has 0 aliphatic heterocycles. The van der Waals surface area contributed by atoms with Gasteiger partial charge in [-0.05, 0) is 13.0 Å². The topological polar surface area (TPSA) is 22.0 Å². The minimum absolute atomic E-state index is 0.620. The molecule has 1 heterocycles. The molecule has 2 heteroatoms. The lowest BCUT2D eigenvalue weighted by Gasteiger charge is -1.89. The summed E-state index contributed by atoms with van der Waals surface area (Å²) >= 11 is 0. The van der Waals surface area contributed by atoms with Crippen LogP contribution in [0.2, 0.25) is 0 Å². The number of aromatic nitrogens is 1. The van der Waals surface area contributed by atoms with Crippen LogP contribution >= 0.6 is 0 Å². The molecule has 1 aromatic rings.